The smallest absolute Gasteiger partial charge is 0.305 e. The monoisotopic (exact) mass is 343 g/mol. The second-order valence-electron chi connectivity index (χ2n) is 5.55. The molecule has 0 aromatic heterocycles. The van der Waals surface area contributed by atoms with E-state index in [1.807, 2.05) is 31.2 Å². The van der Waals surface area contributed by atoms with Gasteiger partial charge in [0, 0.05) is 5.56 Å². The number of nitrogens with one attached hydrogen (secondary N) is 1. The predicted octanol–water partition coefficient (Wildman–Crippen LogP) is 2.96. The number of hydrogen-bond acceptors (Lipinski definition) is 4. The van der Waals surface area contributed by atoms with Crippen molar-refractivity contribution >= 4 is 11.9 Å². The maximum absolute atomic E-state index is 12.6. The van der Waals surface area contributed by atoms with Crippen molar-refractivity contribution in [1.82, 2.24) is 5.32 Å². The minimum absolute atomic E-state index is 0.204. The molecule has 0 bridgehead atoms. The van der Waals surface area contributed by atoms with E-state index in [0.29, 0.717) is 17.1 Å². The Bertz CT molecular complexity index is 772. The molecule has 0 aliphatic rings. The molecular formula is C19H21NO5. The first kappa shape index (κ1) is 18.3. The third-order valence-corrected chi connectivity index (χ3v) is 3.89. The van der Waals surface area contributed by atoms with Crippen LogP contribution < -0.4 is 14.8 Å². The summed E-state index contributed by atoms with van der Waals surface area (Å²) >= 11 is 0. The van der Waals surface area contributed by atoms with E-state index in [1.165, 1.54) is 14.2 Å². The van der Waals surface area contributed by atoms with Crippen molar-refractivity contribution in [3.05, 3.63) is 59.2 Å². The van der Waals surface area contributed by atoms with Crippen molar-refractivity contribution in [2.45, 2.75) is 19.4 Å². The summed E-state index contributed by atoms with van der Waals surface area (Å²) in [6.07, 6.45) is -0.204. The Kier molecular flexibility index (Phi) is 6.00. The van der Waals surface area contributed by atoms with Gasteiger partial charge in [0.15, 0.2) is 11.5 Å². The summed E-state index contributed by atoms with van der Waals surface area (Å²) in [6.45, 7) is 1.88. The van der Waals surface area contributed by atoms with Crippen molar-refractivity contribution in [2.24, 2.45) is 0 Å². The molecule has 0 aliphatic heterocycles. The highest BCUT2D eigenvalue weighted by atomic mass is 16.5. The third-order valence-electron chi connectivity index (χ3n) is 3.89. The van der Waals surface area contributed by atoms with E-state index in [-0.39, 0.29) is 12.3 Å². The van der Waals surface area contributed by atoms with Crippen molar-refractivity contribution < 1.29 is 24.2 Å². The summed E-state index contributed by atoms with van der Waals surface area (Å²) in [5.41, 5.74) is 2.06. The molecule has 0 saturated heterocycles. The Labute approximate surface area is 146 Å². The number of benzene rings is 2. The quantitative estimate of drug-likeness (QED) is 0.807. The van der Waals surface area contributed by atoms with Gasteiger partial charge in [-0.1, -0.05) is 24.3 Å². The van der Waals surface area contributed by atoms with Gasteiger partial charge in [0.25, 0.3) is 5.91 Å². The first-order valence-electron chi connectivity index (χ1n) is 7.76. The number of carbonyl (C=O) groups is 2. The van der Waals surface area contributed by atoms with Gasteiger partial charge in [-0.3, -0.25) is 9.59 Å². The van der Waals surface area contributed by atoms with Gasteiger partial charge >= 0.3 is 5.97 Å². The molecule has 6 heteroatoms. The third kappa shape index (κ3) is 4.50. The molecule has 0 spiro atoms. The number of methoxy groups -OCH3 is 2. The summed E-state index contributed by atoms with van der Waals surface area (Å²) in [5, 5.41) is 12.0. The molecular weight excluding hydrogens is 322 g/mol. The van der Waals surface area contributed by atoms with E-state index in [1.54, 1.807) is 18.2 Å². The zero-order valence-corrected chi connectivity index (χ0v) is 14.4. The lowest BCUT2D eigenvalue weighted by Gasteiger charge is -2.20. The van der Waals surface area contributed by atoms with Gasteiger partial charge in [-0.15, -0.1) is 0 Å². The maximum Gasteiger partial charge on any atom is 0.305 e. The topological polar surface area (TPSA) is 84.9 Å². The number of rotatable bonds is 7. The molecule has 25 heavy (non-hydrogen) atoms. The average Bonchev–Trinajstić information content (AvgIpc) is 2.60. The van der Waals surface area contributed by atoms with Crippen LogP contribution >= 0.6 is 0 Å². The molecule has 2 aromatic rings. The van der Waals surface area contributed by atoms with Crippen LogP contribution in [0, 0.1) is 6.92 Å². The normalized spacial score (nSPS) is 11.5. The van der Waals surface area contributed by atoms with Gasteiger partial charge in [0.05, 0.1) is 26.7 Å². The first-order valence-corrected chi connectivity index (χ1v) is 7.76. The number of ether oxygens (including phenoxy) is 2. The van der Waals surface area contributed by atoms with Crippen LogP contribution in [-0.4, -0.2) is 31.2 Å². The van der Waals surface area contributed by atoms with Crippen molar-refractivity contribution in [2.75, 3.05) is 14.2 Å². The van der Waals surface area contributed by atoms with Crippen LogP contribution in [0.25, 0.3) is 0 Å². The molecule has 2 rings (SSSR count). The van der Waals surface area contributed by atoms with E-state index >= 15 is 0 Å². The number of aliphatic carboxylic acids is 1. The second-order valence-corrected chi connectivity index (χ2v) is 5.55. The Morgan fingerprint density at radius 1 is 1.08 bits per heavy atom. The fraction of sp³-hybridized carbons (Fsp3) is 0.263. The average molecular weight is 343 g/mol. The minimum atomic E-state index is -0.985. The molecule has 1 amide bonds. The van der Waals surface area contributed by atoms with Crippen LogP contribution in [0.15, 0.2) is 42.5 Å². The summed E-state index contributed by atoms with van der Waals surface area (Å²) in [6, 6.07) is 11.6. The zero-order chi connectivity index (χ0) is 18.4. The minimum Gasteiger partial charge on any atom is -0.493 e. The van der Waals surface area contributed by atoms with Crippen LogP contribution in [0.1, 0.15) is 33.9 Å². The van der Waals surface area contributed by atoms with Gasteiger partial charge in [-0.2, -0.15) is 0 Å². The molecule has 1 atom stereocenters. The fourth-order valence-electron chi connectivity index (χ4n) is 2.61. The molecule has 0 fully saturated rings. The van der Waals surface area contributed by atoms with Gasteiger partial charge < -0.3 is 19.9 Å². The molecule has 6 nitrogen and oxygen atoms in total. The lowest BCUT2D eigenvalue weighted by Crippen LogP contribution is -2.30. The lowest BCUT2D eigenvalue weighted by atomic mass is 9.98. The van der Waals surface area contributed by atoms with Crippen molar-refractivity contribution in [1.29, 1.82) is 0 Å². The van der Waals surface area contributed by atoms with Crippen molar-refractivity contribution in [3.8, 4) is 11.5 Å². The Morgan fingerprint density at radius 3 is 2.36 bits per heavy atom. The van der Waals surface area contributed by atoms with Gasteiger partial charge in [0.1, 0.15) is 0 Å². The molecule has 0 heterocycles. The van der Waals surface area contributed by atoms with E-state index in [2.05, 4.69) is 5.32 Å². The summed E-state index contributed by atoms with van der Waals surface area (Å²) in [7, 11) is 3.00. The highest BCUT2D eigenvalue weighted by Gasteiger charge is 2.21. The van der Waals surface area contributed by atoms with Crippen LogP contribution in [0.5, 0.6) is 11.5 Å². The number of hydrogen-bond donors (Lipinski definition) is 2. The highest BCUT2D eigenvalue weighted by Crippen LogP contribution is 2.28. The largest absolute Gasteiger partial charge is 0.493 e. The van der Waals surface area contributed by atoms with E-state index in [9.17, 15) is 14.7 Å². The van der Waals surface area contributed by atoms with Crippen LogP contribution in [0.3, 0.4) is 0 Å². The summed E-state index contributed by atoms with van der Waals surface area (Å²) < 4.78 is 10.4. The molecule has 2 N–H and O–H groups in total. The van der Waals surface area contributed by atoms with Gasteiger partial charge in [0.2, 0.25) is 0 Å². The van der Waals surface area contributed by atoms with Crippen LogP contribution in [0.4, 0.5) is 0 Å². The SMILES string of the molecule is COc1ccc(C(=O)NC(CC(=O)O)c2ccccc2C)cc1OC. The maximum atomic E-state index is 12.6. The molecule has 132 valence electrons. The van der Waals surface area contributed by atoms with E-state index < -0.39 is 12.0 Å². The molecule has 0 aliphatic carbocycles. The first-order chi connectivity index (χ1) is 12.0. The second kappa shape index (κ2) is 8.19. The van der Waals surface area contributed by atoms with Gasteiger partial charge in [-0.25, -0.2) is 0 Å². The van der Waals surface area contributed by atoms with E-state index in [0.717, 1.165) is 11.1 Å². The Morgan fingerprint density at radius 2 is 1.76 bits per heavy atom. The lowest BCUT2D eigenvalue weighted by molar-refractivity contribution is -0.137. The summed E-state index contributed by atoms with van der Waals surface area (Å²) in [4.78, 5) is 23.8. The Hall–Kier alpha value is -3.02. The molecule has 2 aromatic carbocycles. The van der Waals surface area contributed by atoms with E-state index in [4.69, 9.17) is 9.47 Å². The summed E-state index contributed by atoms with van der Waals surface area (Å²) in [5.74, 6) is -0.419. The molecule has 0 radical (unpaired) electrons. The fourth-order valence-corrected chi connectivity index (χ4v) is 2.61. The number of carbonyl (C=O) groups excluding carboxylic acids is 1. The van der Waals surface area contributed by atoms with Crippen LogP contribution in [0.2, 0.25) is 0 Å². The molecule has 0 saturated carbocycles. The number of amides is 1. The van der Waals surface area contributed by atoms with Gasteiger partial charge in [-0.05, 0) is 36.2 Å². The van der Waals surface area contributed by atoms with Crippen LogP contribution in [-0.2, 0) is 4.79 Å². The number of carboxylic acids is 1. The highest BCUT2D eigenvalue weighted by molar-refractivity contribution is 5.95. The van der Waals surface area contributed by atoms with Crippen molar-refractivity contribution in [3.63, 3.8) is 0 Å². The zero-order valence-electron chi connectivity index (χ0n) is 14.4. The standard InChI is InChI=1S/C19H21NO5/c1-12-6-4-5-7-14(12)15(11-18(21)22)20-19(23)13-8-9-16(24-2)17(10-13)25-3/h4-10,15H,11H2,1-3H3,(H,20,23)(H,21,22). The Balaban J connectivity index is 2.28. The number of carboxylic acid groups (broad SMARTS) is 1. The number of aryl methyl sites for hydroxylation is 1. The predicted molar refractivity (Wildman–Crippen MR) is 93.2 cm³/mol. The molecule has 1 unspecified atom stereocenters.